The molecule has 2 aromatic heterocycles. The molecular formula is C18H15FN2O2S. The van der Waals surface area contributed by atoms with Gasteiger partial charge in [-0.25, -0.2) is 4.39 Å². The molecule has 1 aromatic carbocycles. The van der Waals surface area contributed by atoms with Crippen molar-refractivity contribution in [3.63, 3.8) is 0 Å². The van der Waals surface area contributed by atoms with Crippen molar-refractivity contribution in [1.29, 1.82) is 0 Å². The standard InChI is InChI=1S/C18H15FN2O2S/c19-13-6-2-1-5-12(13)14-11-16(23-20-14)18(22)21-9-3-7-15(21)17-8-4-10-24-17/h1-2,4-6,8,10-11,15H,3,7,9H2/t15-/m1/s1. The van der Waals surface area contributed by atoms with Gasteiger partial charge < -0.3 is 9.42 Å². The monoisotopic (exact) mass is 342 g/mol. The van der Waals surface area contributed by atoms with Crippen LogP contribution in [0.5, 0.6) is 0 Å². The molecule has 4 rings (SSSR count). The van der Waals surface area contributed by atoms with Crippen LogP contribution in [0.3, 0.4) is 0 Å². The predicted molar refractivity (Wildman–Crippen MR) is 89.2 cm³/mol. The molecule has 0 unspecified atom stereocenters. The van der Waals surface area contributed by atoms with Crippen LogP contribution in [0.25, 0.3) is 11.3 Å². The number of benzene rings is 1. The fraction of sp³-hybridized carbons (Fsp3) is 0.222. The average molecular weight is 342 g/mol. The molecule has 0 radical (unpaired) electrons. The summed E-state index contributed by atoms with van der Waals surface area (Å²) in [6, 6.07) is 12.0. The van der Waals surface area contributed by atoms with Crippen molar-refractivity contribution in [1.82, 2.24) is 10.1 Å². The number of hydrogen-bond acceptors (Lipinski definition) is 4. The Morgan fingerprint density at radius 2 is 2.17 bits per heavy atom. The summed E-state index contributed by atoms with van der Waals surface area (Å²) in [5, 5.41) is 5.88. The quantitative estimate of drug-likeness (QED) is 0.703. The highest BCUT2D eigenvalue weighted by Crippen LogP contribution is 2.35. The first-order chi connectivity index (χ1) is 11.7. The van der Waals surface area contributed by atoms with Crippen LogP contribution >= 0.6 is 11.3 Å². The number of hydrogen-bond donors (Lipinski definition) is 0. The van der Waals surface area contributed by atoms with Gasteiger partial charge >= 0.3 is 0 Å². The lowest BCUT2D eigenvalue weighted by Crippen LogP contribution is -2.29. The van der Waals surface area contributed by atoms with E-state index in [1.54, 1.807) is 29.5 Å². The fourth-order valence-corrected chi connectivity index (χ4v) is 3.97. The molecule has 6 heteroatoms. The highest BCUT2D eigenvalue weighted by atomic mass is 32.1. The first kappa shape index (κ1) is 15.1. The van der Waals surface area contributed by atoms with E-state index in [-0.39, 0.29) is 23.5 Å². The van der Waals surface area contributed by atoms with E-state index in [1.165, 1.54) is 17.0 Å². The molecule has 3 heterocycles. The number of likely N-dealkylation sites (tertiary alicyclic amines) is 1. The highest BCUT2D eigenvalue weighted by molar-refractivity contribution is 7.10. The number of carbonyl (C=O) groups excluding carboxylic acids is 1. The van der Waals surface area contributed by atoms with Gasteiger partial charge in [-0.05, 0) is 36.4 Å². The minimum absolute atomic E-state index is 0.0829. The lowest BCUT2D eigenvalue weighted by atomic mass is 10.1. The van der Waals surface area contributed by atoms with Crippen molar-refractivity contribution in [2.45, 2.75) is 18.9 Å². The number of amides is 1. The molecule has 1 atom stereocenters. The minimum Gasteiger partial charge on any atom is -0.350 e. The van der Waals surface area contributed by atoms with Gasteiger partial charge in [0.15, 0.2) is 0 Å². The van der Waals surface area contributed by atoms with E-state index in [2.05, 4.69) is 5.16 Å². The Labute approximate surface area is 142 Å². The second-order valence-corrected chi connectivity index (χ2v) is 6.71. The van der Waals surface area contributed by atoms with E-state index in [4.69, 9.17) is 4.52 Å². The Hall–Kier alpha value is -2.47. The van der Waals surface area contributed by atoms with E-state index in [0.29, 0.717) is 17.8 Å². The zero-order valence-electron chi connectivity index (χ0n) is 12.8. The maximum Gasteiger partial charge on any atom is 0.293 e. The normalized spacial score (nSPS) is 17.4. The number of carbonyl (C=O) groups is 1. The second-order valence-electron chi connectivity index (χ2n) is 5.73. The number of thiophene rings is 1. The third-order valence-electron chi connectivity index (χ3n) is 4.26. The van der Waals surface area contributed by atoms with Gasteiger partial charge in [-0.1, -0.05) is 23.4 Å². The molecule has 24 heavy (non-hydrogen) atoms. The van der Waals surface area contributed by atoms with Gasteiger partial charge in [0.2, 0.25) is 5.76 Å². The molecule has 0 saturated carbocycles. The Morgan fingerprint density at radius 3 is 2.96 bits per heavy atom. The molecule has 122 valence electrons. The van der Waals surface area contributed by atoms with Crippen molar-refractivity contribution in [3.05, 3.63) is 64.3 Å². The number of halogens is 1. The summed E-state index contributed by atoms with van der Waals surface area (Å²) in [6.07, 6.45) is 1.91. The number of nitrogens with zero attached hydrogens (tertiary/aromatic N) is 2. The summed E-state index contributed by atoms with van der Waals surface area (Å²) in [5.41, 5.74) is 0.667. The Bertz CT molecular complexity index is 860. The van der Waals surface area contributed by atoms with Crippen molar-refractivity contribution in [3.8, 4) is 11.3 Å². The van der Waals surface area contributed by atoms with E-state index in [1.807, 2.05) is 22.4 Å². The molecule has 0 N–H and O–H groups in total. The van der Waals surface area contributed by atoms with Crippen LogP contribution in [0.15, 0.2) is 52.4 Å². The lowest BCUT2D eigenvalue weighted by Gasteiger charge is -2.22. The van der Waals surface area contributed by atoms with E-state index < -0.39 is 0 Å². The molecule has 0 spiro atoms. The molecule has 1 saturated heterocycles. The van der Waals surface area contributed by atoms with Gasteiger partial charge in [0.05, 0.1) is 6.04 Å². The summed E-state index contributed by atoms with van der Waals surface area (Å²) in [7, 11) is 0. The van der Waals surface area contributed by atoms with Crippen LogP contribution in [-0.4, -0.2) is 22.5 Å². The van der Waals surface area contributed by atoms with Gasteiger partial charge in [-0.15, -0.1) is 11.3 Å². The summed E-state index contributed by atoms with van der Waals surface area (Å²) in [5.74, 6) is -0.430. The van der Waals surface area contributed by atoms with Crippen LogP contribution < -0.4 is 0 Å². The fourth-order valence-electron chi connectivity index (χ4n) is 3.10. The summed E-state index contributed by atoms with van der Waals surface area (Å²) < 4.78 is 19.1. The molecular weight excluding hydrogens is 327 g/mol. The summed E-state index contributed by atoms with van der Waals surface area (Å²) in [4.78, 5) is 15.8. The molecule has 4 nitrogen and oxygen atoms in total. The maximum atomic E-state index is 13.9. The molecule has 1 aliphatic rings. The average Bonchev–Trinajstić information content (AvgIpc) is 3.34. The van der Waals surface area contributed by atoms with Crippen LogP contribution in [0.1, 0.15) is 34.3 Å². The molecule has 1 aliphatic heterocycles. The SMILES string of the molecule is O=C(c1cc(-c2ccccc2F)no1)N1CCC[C@@H]1c1cccs1. The van der Waals surface area contributed by atoms with E-state index in [9.17, 15) is 9.18 Å². The van der Waals surface area contributed by atoms with Crippen LogP contribution in [-0.2, 0) is 0 Å². The second kappa shape index (κ2) is 6.20. The third-order valence-corrected chi connectivity index (χ3v) is 5.23. The molecule has 0 aliphatic carbocycles. The zero-order chi connectivity index (χ0) is 16.5. The molecule has 1 fully saturated rings. The van der Waals surface area contributed by atoms with Crippen molar-refractivity contribution in [2.24, 2.45) is 0 Å². The van der Waals surface area contributed by atoms with E-state index >= 15 is 0 Å². The Balaban J connectivity index is 1.60. The third kappa shape index (κ3) is 2.63. The van der Waals surface area contributed by atoms with Crippen LogP contribution in [0.2, 0.25) is 0 Å². The maximum absolute atomic E-state index is 13.9. The largest absolute Gasteiger partial charge is 0.350 e. The van der Waals surface area contributed by atoms with Crippen LogP contribution in [0.4, 0.5) is 4.39 Å². The first-order valence-corrected chi connectivity index (χ1v) is 8.68. The topological polar surface area (TPSA) is 46.3 Å². The number of aromatic nitrogens is 1. The predicted octanol–water partition coefficient (Wildman–Crippen LogP) is 4.52. The van der Waals surface area contributed by atoms with Gasteiger partial charge in [0.25, 0.3) is 5.91 Å². The van der Waals surface area contributed by atoms with Gasteiger partial charge in [-0.3, -0.25) is 4.79 Å². The van der Waals surface area contributed by atoms with Crippen molar-refractivity contribution < 1.29 is 13.7 Å². The lowest BCUT2D eigenvalue weighted by molar-refractivity contribution is 0.0695. The smallest absolute Gasteiger partial charge is 0.293 e. The van der Waals surface area contributed by atoms with Crippen molar-refractivity contribution >= 4 is 17.2 Å². The first-order valence-electron chi connectivity index (χ1n) is 7.80. The highest BCUT2D eigenvalue weighted by Gasteiger charge is 2.33. The molecule has 3 aromatic rings. The molecule has 1 amide bonds. The van der Waals surface area contributed by atoms with Crippen LogP contribution in [0, 0.1) is 5.82 Å². The minimum atomic E-state index is -0.387. The summed E-state index contributed by atoms with van der Waals surface area (Å²) >= 11 is 1.65. The number of rotatable bonds is 3. The van der Waals surface area contributed by atoms with Crippen molar-refractivity contribution in [2.75, 3.05) is 6.54 Å². The Morgan fingerprint density at radius 1 is 1.29 bits per heavy atom. The molecule has 0 bridgehead atoms. The van der Waals surface area contributed by atoms with Gasteiger partial charge in [0.1, 0.15) is 11.5 Å². The van der Waals surface area contributed by atoms with E-state index in [0.717, 1.165) is 12.8 Å². The summed E-state index contributed by atoms with van der Waals surface area (Å²) in [6.45, 7) is 0.692. The van der Waals surface area contributed by atoms with Gasteiger partial charge in [0, 0.05) is 23.1 Å². The zero-order valence-corrected chi connectivity index (χ0v) is 13.6. The Kier molecular flexibility index (Phi) is 3.90. The van der Waals surface area contributed by atoms with Gasteiger partial charge in [-0.2, -0.15) is 0 Å².